The lowest BCUT2D eigenvalue weighted by atomic mass is 10.2. The van der Waals surface area contributed by atoms with Crippen molar-refractivity contribution in [3.63, 3.8) is 0 Å². The van der Waals surface area contributed by atoms with Crippen LogP contribution in [-0.4, -0.2) is 5.49 Å². The van der Waals surface area contributed by atoms with Crippen molar-refractivity contribution in [2.24, 2.45) is 5.92 Å². The van der Waals surface area contributed by atoms with Gasteiger partial charge in [0.2, 0.25) is 0 Å². The Hall–Kier alpha value is -0.370. The van der Waals surface area contributed by atoms with Crippen molar-refractivity contribution in [3.05, 3.63) is 11.8 Å². The maximum absolute atomic E-state index is 4.60. The molecule has 0 aromatic heterocycles. The van der Waals surface area contributed by atoms with Gasteiger partial charge in [-0.1, -0.05) is 46.0 Å². The minimum atomic E-state index is 0.590. The van der Waals surface area contributed by atoms with Gasteiger partial charge >= 0.3 is 0 Å². The average Bonchev–Trinajstić information content (AvgIpc) is 1.91. The summed E-state index contributed by atoms with van der Waals surface area (Å²) < 4.78 is 0. The molecule has 0 bridgehead atoms. The van der Waals surface area contributed by atoms with E-state index in [9.17, 15) is 0 Å². The Morgan fingerprint density at radius 2 is 1.82 bits per heavy atom. The van der Waals surface area contributed by atoms with Crippen LogP contribution in [0.2, 0.25) is 0 Å². The van der Waals surface area contributed by atoms with E-state index in [0.29, 0.717) is 5.92 Å². The molecule has 0 amide bonds. The highest BCUT2D eigenvalue weighted by atomic mass is 32.1. The zero-order valence-corrected chi connectivity index (χ0v) is 8.96. The van der Waals surface area contributed by atoms with Crippen molar-refractivity contribution in [1.82, 2.24) is 5.32 Å². The molecule has 0 fully saturated rings. The van der Waals surface area contributed by atoms with Gasteiger partial charge in [0.15, 0.2) is 0 Å². The van der Waals surface area contributed by atoms with E-state index in [0.717, 1.165) is 5.70 Å². The van der Waals surface area contributed by atoms with E-state index in [1.807, 2.05) is 20.8 Å². The van der Waals surface area contributed by atoms with Crippen LogP contribution in [-0.2, 0) is 0 Å². The highest BCUT2D eigenvalue weighted by molar-refractivity contribution is 7.78. The van der Waals surface area contributed by atoms with Gasteiger partial charge in [-0.05, 0) is 12.8 Å². The van der Waals surface area contributed by atoms with Gasteiger partial charge in [0, 0.05) is 5.70 Å². The molecule has 0 aliphatic carbocycles. The fourth-order valence-electron chi connectivity index (χ4n) is 0.641. The van der Waals surface area contributed by atoms with Crippen molar-refractivity contribution >= 4 is 17.7 Å². The van der Waals surface area contributed by atoms with Crippen LogP contribution in [0.5, 0.6) is 0 Å². The van der Waals surface area contributed by atoms with E-state index in [1.165, 1.54) is 5.49 Å². The molecule has 0 aromatic carbocycles. The van der Waals surface area contributed by atoms with Crippen molar-refractivity contribution in [1.29, 1.82) is 0 Å². The zero-order chi connectivity index (χ0) is 9.28. The van der Waals surface area contributed by atoms with Crippen molar-refractivity contribution < 1.29 is 0 Å². The van der Waals surface area contributed by atoms with Crippen LogP contribution in [0.1, 0.15) is 34.6 Å². The number of hydrogen-bond donors (Lipinski definition) is 1. The predicted molar refractivity (Wildman–Crippen MR) is 56.7 cm³/mol. The van der Waals surface area contributed by atoms with Crippen molar-refractivity contribution in [3.8, 4) is 0 Å². The maximum atomic E-state index is 4.60. The Bertz CT molecular complexity index is 117. The molecular formula is C9H19NS. The molecule has 0 radical (unpaired) electrons. The Morgan fingerprint density at radius 3 is 2.09 bits per heavy atom. The van der Waals surface area contributed by atoms with Crippen LogP contribution in [0, 0.1) is 5.92 Å². The quantitative estimate of drug-likeness (QED) is 0.658. The van der Waals surface area contributed by atoms with Crippen LogP contribution in [0.25, 0.3) is 0 Å². The Balaban J connectivity index is 0. The minimum Gasteiger partial charge on any atom is -0.357 e. The second kappa shape index (κ2) is 9.63. The van der Waals surface area contributed by atoms with Gasteiger partial charge in [0.25, 0.3) is 0 Å². The first kappa shape index (κ1) is 13.2. The van der Waals surface area contributed by atoms with Crippen molar-refractivity contribution in [2.75, 3.05) is 0 Å². The van der Waals surface area contributed by atoms with Crippen LogP contribution < -0.4 is 5.32 Å². The molecule has 0 aromatic rings. The summed E-state index contributed by atoms with van der Waals surface area (Å²) >= 11 is 4.60. The molecule has 1 N–H and O–H groups in total. The molecule has 1 nitrogen and oxygen atoms in total. The third kappa shape index (κ3) is 12.8. The first-order chi connectivity index (χ1) is 5.16. The fraction of sp³-hybridized carbons (Fsp3) is 0.667. The molecule has 66 valence electrons. The van der Waals surface area contributed by atoms with Gasteiger partial charge in [-0.3, -0.25) is 0 Å². The summed E-state index contributed by atoms with van der Waals surface area (Å²) in [6.45, 7) is 10.3. The van der Waals surface area contributed by atoms with E-state index >= 15 is 0 Å². The smallest absolute Gasteiger partial charge is 0.0656 e. The number of thiocarbonyl (C=S) groups is 1. The Morgan fingerprint density at radius 1 is 1.36 bits per heavy atom. The van der Waals surface area contributed by atoms with Gasteiger partial charge in [0.1, 0.15) is 0 Å². The third-order valence-corrected chi connectivity index (χ3v) is 0.988. The molecule has 0 saturated heterocycles. The summed E-state index contributed by atoms with van der Waals surface area (Å²) in [6.07, 6.45) is 2.13. The zero-order valence-electron chi connectivity index (χ0n) is 8.14. The standard InChI is InChI=1S/C7H13NS.C2H6/c1-6(2)4-7(3)8-5-9;1-2/h4-6H,1-3H3,(H,8,9);1-2H3/b7-4+;. The van der Waals surface area contributed by atoms with Gasteiger partial charge in [-0.2, -0.15) is 0 Å². The van der Waals surface area contributed by atoms with Crippen LogP contribution >= 0.6 is 12.2 Å². The second-order valence-electron chi connectivity index (χ2n) is 2.36. The molecule has 11 heavy (non-hydrogen) atoms. The van der Waals surface area contributed by atoms with Gasteiger partial charge in [-0.25, -0.2) is 0 Å². The molecule has 0 saturated carbocycles. The van der Waals surface area contributed by atoms with Crippen LogP contribution in [0.3, 0.4) is 0 Å². The predicted octanol–water partition coefficient (Wildman–Crippen LogP) is 3.12. The molecular weight excluding hydrogens is 154 g/mol. The van der Waals surface area contributed by atoms with Gasteiger partial charge < -0.3 is 5.32 Å². The first-order valence-corrected chi connectivity index (χ1v) is 4.52. The summed E-state index contributed by atoms with van der Waals surface area (Å²) in [5, 5.41) is 2.93. The van der Waals surface area contributed by atoms with E-state index in [4.69, 9.17) is 0 Å². The van der Waals surface area contributed by atoms with Crippen molar-refractivity contribution in [2.45, 2.75) is 34.6 Å². The Labute approximate surface area is 75.9 Å². The average molecular weight is 173 g/mol. The Kier molecular flexibility index (Phi) is 11.6. The summed E-state index contributed by atoms with van der Waals surface area (Å²) in [6, 6.07) is 0. The fourth-order valence-corrected chi connectivity index (χ4v) is 0.827. The van der Waals surface area contributed by atoms with E-state index in [2.05, 4.69) is 37.5 Å². The molecule has 0 atom stereocenters. The molecule has 0 spiro atoms. The van der Waals surface area contributed by atoms with Gasteiger partial charge in [-0.15, -0.1) is 0 Å². The number of nitrogens with one attached hydrogen (secondary N) is 1. The van der Waals surface area contributed by atoms with Crippen LogP contribution in [0.4, 0.5) is 0 Å². The molecule has 2 heteroatoms. The summed E-state index contributed by atoms with van der Waals surface area (Å²) in [4.78, 5) is 0. The summed E-state index contributed by atoms with van der Waals surface area (Å²) in [5.74, 6) is 0.590. The normalized spacial score (nSPS) is 10.2. The lowest BCUT2D eigenvalue weighted by Gasteiger charge is -2.00. The van der Waals surface area contributed by atoms with Crippen LogP contribution in [0.15, 0.2) is 11.8 Å². The second-order valence-corrected chi connectivity index (χ2v) is 2.59. The molecule has 0 aliphatic rings. The number of rotatable bonds is 3. The number of allylic oxidation sites excluding steroid dienone is 2. The highest BCUT2D eigenvalue weighted by Gasteiger charge is 1.86. The lowest BCUT2D eigenvalue weighted by Crippen LogP contribution is -2.06. The van der Waals surface area contributed by atoms with E-state index in [1.54, 1.807) is 0 Å². The summed E-state index contributed by atoms with van der Waals surface area (Å²) in [5.41, 5.74) is 2.65. The first-order valence-electron chi connectivity index (χ1n) is 4.05. The molecule has 0 unspecified atom stereocenters. The minimum absolute atomic E-state index is 0.590. The van der Waals surface area contributed by atoms with E-state index in [-0.39, 0.29) is 0 Å². The summed E-state index contributed by atoms with van der Waals surface area (Å²) in [7, 11) is 0. The molecule has 0 rings (SSSR count). The lowest BCUT2D eigenvalue weighted by molar-refractivity contribution is 0.814. The van der Waals surface area contributed by atoms with Gasteiger partial charge in [0.05, 0.1) is 5.49 Å². The monoisotopic (exact) mass is 173 g/mol. The third-order valence-electron chi connectivity index (χ3n) is 0.870. The largest absolute Gasteiger partial charge is 0.357 e. The maximum Gasteiger partial charge on any atom is 0.0656 e. The highest BCUT2D eigenvalue weighted by Crippen LogP contribution is 1.96. The molecule has 0 aliphatic heterocycles. The topological polar surface area (TPSA) is 12.0 Å². The SMILES string of the molecule is C/C(=C\C(C)C)NC=S.CC. The van der Waals surface area contributed by atoms with E-state index < -0.39 is 0 Å². The molecule has 0 heterocycles. The number of hydrogen-bond acceptors (Lipinski definition) is 1.